The van der Waals surface area contributed by atoms with Crippen LogP contribution in [0.3, 0.4) is 0 Å². The number of hydrogen-bond acceptors (Lipinski definition) is 2. The summed E-state index contributed by atoms with van der Waals surface area (Å²) in [4.78, 5) is 11.1. The van der Waals surface area contributed by atoms with Crippen LogP contribution in [0.5, 0.6) is 0 Å². The Morgan fingerprint density at radius 1 is 1.16 bits per heavy atom. The van der Waals surface area contributed by atoms with Gasteiger partial charge < -0.3 is 0 Å². The summed E-state index contributed by atoms with van der Waals surface area (Å²) < 4.78 is 1.86. The highest BCUT2D eigenvalue weighted by molar-refractivity contribution is 5.87. The maximum atomic E-state index is 11.1. The van der Waals surface area contributed by atoms with Gasteiger partial charge in [0.1, 0.15) is 0 Å². The van der Waals surface area contributed by atoms with Crippen LogP contribution in [-0.2, 0) is 6.42 Å². The van der Waals surface area contributed by atoms with E-state index in [0.29, 0.717) is 5.56 Å². The summed E-state index contributed by atoms with van der Waals surface area (Å²) in [6.45, 7) is 2.06. The van der Waals surface area contributed by atoms with Crippen LogP contribution in [0, 0.1) is 0 Å². The average molecular weight is 250 g/mol. The molecule has 0 saturated carbocycles. The van der Waals surface area contributed by atoms with E-state index in [1.54, 1.807) is 0 Å². The first-order valence-electron chi connectivity index (χ1n) is 6.35. The smallest absolute Gasteiger partial charge is 0.152 e. The van der Waals surface area contributed by atoms with Crippen molar-refractivity contribution < 1.29 is 4.79 Å². The second-order valence-corrected chi connectivity index (χ2v) is 4.44. The van der Waals surface area contributed by atoms with Gasteiger partial charge in [-0.25, -0.2) is 4.52 Å². The van der Waals surface area contributed by atoms with Crippen molar-refractivity contribution in [1.82, 2.24) is 9.61 Å². The molecule has 0 N–H and O–H groups in total. The largest absolute Gasteiger partial charge is 0.298 e. The monoisotopic (exact) mass is 250 g/mol. The van der Waals surface area contributed by atoms with Crippen LogP contribution < -0.4 is 0 Å². The summed E-state index contributed by atoms with van der Waals surface area (Å²) >= 11 is 0. The Bertz CT molecular complexity index is 729. The summed E-state index contributed by atoms with van der Waals surface area (Å²) in [5, 5.41) is 4.57. The molecule has 0 aliphatic carbocycles. The molecule has 94 valence electrons. The molecule has 0 aliphatic heterocycles. The van der Waals surface area contributed by atoms with Crippen molar-refractivity contribution in [3.8, 4) is 11.3 Å². The van der Waals surface area contributed by atoms with Gasteiger partial charge in [-0.2, -0.15) is 5.10 Å². The van der Waals surface area contributed by atoms with Crippen LogP contribution in [0.4, 0.5) is 0 Å². The molecule has 0 radical (unpaired) electrons. The van der Waals surface area contributed by atoms with Gasteiger partial charge in [-0.3, -0.25) is 4.79 Å². The lowest BCUT2D eigenvalue weighted by Crippen LogP contribution is -1.97. The average Bonchev–Trinajstić information content (AvgIpc) is 2.91. The van der Waals surface area contributed by atoms with E-state index in [0.717, 1.165) is 35.2 Å². The third kappa shape index (κ3) is 1.93. The molecular formula is C16H14N2O. The number of pyridine rings is 1. The highest BCUT2D eigenvalue weighted by Crippen LogP contribution is 2.23. The molecule has 0 saturated heterocycles. The lowest BCUT2D eigenvalue weighted by Gasteiger charge is -2.06. The van der Waals surface area contributed by atoms with E-state index in [4.69, 9.17) is 0 Å². The lowest BCUT2D eigenvalue weighted by atomic mass is 10.1. The summed E-state index contributed by atoms with van der Waals surface area (Å²) in [6.07, 6.45) is 1.74. The summed E-state index contributed by atoms with van der Waals surface area (Å²) in [7, 11) is 0. The van der Waals surface area contributed by atoms with Gasteiger partial charge in [0.05, 0.1) is 16.9 Å². The van der Waals surface area contributed by atoms with Gasteiger partial charge in [-0.05, 0) is 24.6 Å². The zero-order chi connectivity index (χ0) is 13.2. The molecule has 1 aromatic carbocycles. The van der Waals surface area contributed by atoms with E-state index in [9.17, 15) is 4.79 Å². The minimum atomic E-state index is 0.673. The van der Waals surface area contributed by atoms with Gasteiger partial charge in [0, 0.05) is 11.1 Å². The van der Waals surface area contributed by atoms with Gasteiger partial charge >= 0.3 is 0 Å². The number of hydrogen-bond donors (Lipinski definition) is 0. The van der Waals surface area contributed by atoms with Gasteiger partial charge in [0.2, 0.25) is 0 Å². The molecule has 3 heteroatoms. The van der Waals surface area contributed by atoms with Crippen molar-refractivity contribution in [3.05, 3.63) is 59.8 Å². The Hall–Kier alpha value is -2.42. The fraction of sp³-hybridized carbons (Fsp3) is 0.125. The topological polar surface area (TPSA) is 34.4 Å². The molecule has 19 heavy (non-hydrogen) atoms. The Morgan fingerprint density at radius 3 is 2.63 bits per heavy atom. The SMILES string of the molecule is CCc1cc2c(C=O)ccc(-c3ccccc3)n2n1. The van der Waals surface area contributed by atoms with Crippen molar-refractivity contribution >= 4 is 11.8 Å². The molecule has 0 bridgehead atoms. The Morgan fingerprint density at radius 2 is 1.95 bits per heavy atom. The van der Waals surface area contributed by atoms with E-state index in [1.165, 1.54) is 0 Å². The maximum Gasteiger partial charge on any atom is 0.152 e. The first kappa shape index (κ1) is 11.7. The molecule has 0 atom stereocenters. The first-order valence-corrected chi connectivity index (χ1v) is 6.35. The molecule has 3 aromatic rings. The first-order chi connectivity index (χ1) is 9.33. The molecule has 3 rings (SSSR count). The lowest BCUT2D eigenvalue weighted by molar-refractivity contribution is 0.112. The number of rotatable bonds is 3. The minimum absolute atomic E-state index is 0.673. The normalized spacial score (nSPS) is 10.8. The number of aldehydes is 1. The van der Waals surface area contributed by atoms with Gasteiger partial charge in [-0.1, -0.05) is 37.3 Å². The second-order valence-electron chi connectivity index (χ2n) is 4.44. The molecule has 2 aromatic heterocycles. The highest BCUT2D eigenvalue weighted by Gasteiger charge is 2.10. The summed E-state index contributed by atoms with van der Waals surface area (Å²) in [5.41, 5.74) is 4.63. The molecule has 0 spiro atoms. The Kier molecular flexibility index (Phi) is 2.88. The van der Waals surface area contributed by atoms with Gasteiger partial charge in [-0.15, -0.1) is 0 Å². The predicted octanol–water partition coefficient (Wildman–Crippen LogP) is 3.38. The number of aryl methyl sites for hydroxylation is 1. The molecule has 0 amide bonds. The van der Waals surface area contributed by atoms with E-state index >= 15 is 0 Å². The van der Waals surface area contributed by atoms with E-state index in [2.05, 4.69) is 12.0 Å². The highest BCUT2D eigenvalue weighted by atomic mass is 16.1. The summed E-state index contributed by atoms with van der Waals surface area (Å²) in [6, 6.07) is 15.9. The van der Waals surface area contributed by atoms with Crippen LogP contribution in [0.1, 0.15) is 23.0 Å². The van der Waals surface area contributed by atoms with Crippen molar-refractivity contribution in [1.29, 1.82) is 0 Å². The quantitative estimate of drug-likeness (QED) is 0.668. The van der Waals surface area contributed by atoms with Crippen molar-refractivity contribution in [2.24, 2.45) is 0 Å². The fourth-order valence-electron chi connectivity index (χ4n) is 2.24. The van der Waals surface area contributed by atoms with Crippen LogP contribution in [0.2, 0.25) is 0 Å². The van der Waals surface area contributed by atoms with E-state index in [1.807, 2.05) is 53.0 Å². The van der Waals surface area contributed by atoms with E-state index < -0.39 is 0 Å². The summed E-state index contributed by atoms with van der Waals surface area (Å²) in [5.74, 6) is 0. The molecule has 0 unspecified atom stereocenters. The van der Waals surface area contributed by atoms with Crippen molar-refractivity contribution in [2.45, 2.75) is 13.3 Å². The van der Waals surface area contributed by atoms with Gasteiger partial charge in [0.15, 0.2) is 6.29 Å². The maximum absolute atomic E-state index is 11.1. The number of benzene rings is 1. The Labute approximate surface area is 111 Å². The fourth-order valence-corrected chi connectivity index (χ4v) is 2.24. The molecule has 3 nitrogen and oxygen atoms in total. The predicted molar refractivity (Wildman–Crippen MR) is 75.4 cm³/mol. The molecule has 0 fully saturated rings. The van der Waals surface area contributed by atoms with Gasteiger partial charge in [0.25, 0.3) is 0 Å². The third-order valence-electron chi connectivity index (χ3n) is 3.26. The molecule has 0 aliphatic rings. The molecule has 2 heterocycles. The number of aromatic nitrogens is 2. The standard InChI is InChI=1S/C16H14N2O/c1-2-14-10-16-13(11-19)8-9-15(18(16)17-14)12-6-4-3-5-7-12/h3-11H,2H2,1H3. The minimum Gasteiger partial charge on any atom is -0.298 e. The van der Waals surface area contributed by atoms with Crippen molar-refractivity contribution in [2.75, 3.05) is 0 Å². The van der Waals surface area contributed by atoms with E-state index in [-0.39, 0.29) is 0 Å². The number of carbonyl (C=O) groups excluding carboxylic acids is 1. The number of fused-ring (bicyclic) bond motifs is 1. The van der Waals surface area contributed by atoms with Crippen LogP contribution >= 0.6 is 0 Å². The van der Waals surface area contributed by atoms with Crippen molar-refractivity contribution in [3.63, 3.8) is 0 Å². The van der Waals surface area contributed by atoms with Crippen LogP contribution in [0.25, 0.3) is 16.8 Å². The number of nitrogens with zero attached hydrogens (tertiary/aromatic N) is 2. The third-order valence-corrected chi connectivity index (χ3v) is 3.26. The molecular weight excluding hydrogens is 236 g/mol. The van der Waals surface area contributed by atoms with Crippen LogP contribution in [-0.4, -0.2) is 15.9 Å². The second kappa shape index (κ2) is 4.69. The zero-order valence-corrected chi connectivity index (χ0v) is 10.7. The Balaban J connectivity index is 2.32. The van der Waals surface area contributed by atoms with Crippen LogP contribution in [0.15, 0.2) is 48.5 Å². The zero-order valence-electron chi connectivity index (χ0n) is 10.7. The number of carbonyl (C=O) groups is 1.